The molecule has 1 unspecified atom stereocenters. The molecule has 0 aliphatic heterocycles. The topological polar surface area (TPSA) is 26.3 Å². The van der Waals surface area contributed by atoms with Gasteiger partial charge in [-0.2, -0.15) is 0 Å². The Labute approximate surface area is 163 Å². The van der Waals surface area contributed by atoms with Gasteiger partial charge in [-0.3, -0.25) is 0 Å². The molecule has 26 heavy (non-hydrogen) atoms. The fraction of sp³-hybridized carbons (Fsp3) is 0.696. The van der Waals surface area contributed by atoms with Crippen molar-refractivity contribution in [2.24, 2.45) is 0 Å². The van der Waals surface area contributed by atoms with Crippen LogP contribution in [-0.4, -0.2) is 12.1 Å². The van der Waals surface area contributed by atoms with Crippen LogP contribution in [0.2, 0.25) is 0 Å². The van der Waals surface area contributed by atoms with Crippen molar-refractivity contribution in [3.63, 3.8) is 0 Å². The lowest BCUT2D eigenvalue weighted by Crippen LogP contribution is -1.98. The van der Waals surface area contributed by atoms with E-state index in [1.807, 2.05) is 18.2 Å². The van der Waals surface area contributed by atoms with Crippen molar-refractivity contribution in [2.75, 3.05) is 6.16 Å². The molecule has 0 amide bonds. The van der Waals surface area contributed by atoms with Crippen molar-refractivity contribution in [3.05, 3.63) is 35.9 Å². The quantitative estimate of drug-likeness (QED) is 0.203. The van der Waals surface area contributed by atoms with Crippen LogP contribution in [0.5, 0.6) is 0 Å². The maximum atomic E-state index is 11.8. The van der Waals surface area contributed by atoms with E-state index in [0.29, 0.717) is 14.4 Å². The number of rotatable bonds is 17. The van der Waals surface area contributed by atoms with Gasteiger partial charge in [-0.25, -0.2) is 4.79 Å². The van der Waals surface area contributed by atoms with Crippen molar-refractivity contribution in [1.29, 1.82) is 0 Å². The van der Waals surface area contributed by atoms with Gasteiger partial charge in [0.2, 0.25) is 0 Å². The predicted octanol–water partition coefficient (Wildman–Crippen LogP) is 7.92. The van der Waals surface area contributed by atoms with Crippen LogP contribution in [0.15, 0.2) is 30.3 Å². The van der Waals surface area contributed by atoms with Crippen LogP contribution in [-0.2, 0) is 4.52 Å². The van der Waals surface area contributed by atoms with Gasteiger partial charge in [0.1, 0.15) is 0 Å². The van der Waals surface area contributed by atoms with Crippen molar-refractivity contribution in [2.45, 2.75) is 96.8 Å². The summed E-state index contributed by atoms with van der Waals surface area (Å²) < 4.78 is 5.33. The van der Waals surface area contributed by atoms with E-state index in [-0.39, 0.29) is 5.97 Å². The summed E-state index contributed by atoms with van der Waals surface area (Å²) in [5, 5.41) is 0. The summed E-state index contributed by atoms with van der Waals surface area (Å²) in [5.41, 5.74) is 0.654. The molecule has 0 saturated heterocycles. The second-order valence-electron chi connectivity index (χ2n) is 7.25. The Balaban J connectivity index is 1.76. The van der Waals surface area contributed by atoms with Gasteiger partial charge < -0.3 is 4.52 Å². The third-order valence-corrected chi connectivity index (χ3v) is 5.69. The summed E-state index contributed by atoms with van der Waals surface area (Å²) in [5.74, 6) is -0.186. The van der Waals surface area contributed by atoms with Gasteiger partial charge >= 0.3 is 5.97 Å². The zero-order valence-corrected chi connectivity index (χ0v) is 17.8. The molecule has 0 saturated carbocycles. The molecule has 1 atom stereocenters. The molecule has 0 bridgehead atoms. The first-order chi connectivity index (χ1) is 12.8. The molecule has 0 N–H and O–H groups in total. The predicted molar refractivity (Wildman–Crippen MR) is 115 cm³/mol. The molecule has 0 aromatic heterocycles. The van der Waals surface area contributed by atoms with Gasteiger partial charge in [0, 0.05) is 6.16 Å². The lowest BCUT2D eigenvalue weighted by Gasteiger charge is -2.05. The van der Waals surface area contributed by atoms with Gasteiger partial charge in [0.15, 0.2) is 0 Å². The molecule has 2 nitrogen and oxygen atoms in total. The first-order valence-electron chi connectivity index (χ1n) is 10.8. The van der Waals surface area contributed by atoms with E-state index < -0.39 is 0 Å². The Hall–Kier alpha value is -0.880. The summed E-state index contributed by atoms with van der Waals surface area (Å²) in [6.07, 6.45) is 20.3. The third-order valence-electron chi connectivity index (χ3n) is 4.81. The van der Waals surface area contributed by atoms with Crippen LogP contribution in [0.1, 0.15) is 107 Å². The minimum absolute atomic E-state index is 0.186. The minimum Gasteiger partial charge on any atom is -0.445 e. The summed E-state index contributed by atoms with van der Waals surface area (Å²) in [6, 6.07) is 9.26. The van der Waals surface area contributed by atoms with Crippen LogP contribution in [0.3, 0.4) is 0 Å². The van der Waals surface area contributed by atoms with E-state index in [1.54, 1.807) is 12.1 Å². The normalized spacial score (nSPS) is 11.3. The molecule has 148 valence electrons. The Kier molecular flexibility index (Phi) is 15.6. The second-order valence-corrected chi connectivity index (χ2v) is 8.24. The van der Waals surface area contributed by atoms with Crippen LogP contribution < -0.4 is 0 Å². The van der Waals surface area contributed by atoms with Crippen molar-refractivity contribution < 1.29 is 9.32 Å². The molecule has 0 fully saturated rings. The van der Waals surface area contributed by atoms with Crippen molar-refractivity contribution in [1.82, 2.24) is 0 Å². The Bertz CT molecular complexity index is 433. The molecule has 0 spiro atoms. The summed E-state index contributed by atoms with van der Waals surface area (Å²) in [7, 11) is 0.300. The number of carbonyl (C=O) groups excluding carboxylic acids is 1. The first-order valence-corrected chi connectivity index (χ1v) is 11.9. The van der Waals surface area contributed by atoms with Crippen LogP contribution in [0.25, 0.3) is 0 Å². The maximum Gasteiger partial charge on any atom is 0.340 e. The van der Waals surface area contributed by atoms with Gasteiger partial charge in [0.05, 0.1) is 14.4 Å². The van der Waals surface area contributed by atoms with Gasteiger partial charge in [0.25, 0.3) is 0 Å². The minimum atomic E-state index is -0.186. The summed E-state index contributed by atoms with van der Waals surface area (Å²) >= 11 is 0. The monoisotopic (exact) mass is 378 g/mol. The fourth-order valence-electron chi connectivity index (χ4n) is 3.14. The van der Waals surface area contributed by atoms with Crippen molar-refractivity contribution in [3.8, 4) is 0 Å². The van der Waals surface area contributed by atoms with E-state index in [1.165, 1.54) is 89.9 Å². The lowest BCUT2D eigenvalue weighted by molar-refractivity contribution is 0.0760. The number of hydrogen-bond donors (Lipinski definition) is 0. The summed E-state index contributed by atoms with van der Waals surface area (Å²) in [6.45, 7) is 2.28. The maximum absolute atomic E-state index is 11.8. The molecule has 0 aliphatic rings. The SMILES string of the molecule is CCCCCCCCCCCCCCCCPOC(=O)c1ccccc1. The summed E-state index contributed by atoms with van der Waals surface area (Å²) in [4.78, 5) is 11.8. The van der Waals surface area contributed by atoms with E-state index in [4.69, 9.17) is 4.52 Å². The highest BCUT2D eigenvalue weighted by molar-refractivity contribution is 7.32. The molecular formula is C23H39O2P. The molecule has 0 aliphatic carbocycles. The van der Waals surface area contributed by atoms with Crippen molar-refractivity contribution >= 4 is 14.8 Å². The molecule has 3 heteroatoms. The zero-order chi connectivity index (χ0) is 18.7. The van der Waals surface area contributed by atoms with Gasteiger partial charge in [-0.15, -0.1) is 0 Å². The van der Waals surface area contributed by atoms with E-state index in [9.17, 15) is 4.79 Å². The Morgan fingerprint density at radius 3 is 1.69 bits per heavy atom. The molecule has 0 radical (unpaired) electrons. The van der Waals surface area contributed by atoms with Gasteiger partial charge in [-0.1, -0.05) is 109 Å². The third kappa shape index (κ3) is 13.3. The lowest BCUT2D eigenvalue weighted by atomic mass is 10.0. The van der Waals surface area contributed by atoms with Crippen LogP contribution in [0, 0.1) is 0 Å². The standard InChI is InChI=1S/C23H39O2P/c1-2-3-4-5-6-7-8-9-10-11-12-13-14-18-21-26-25-23(24)22-19-16-15-17-20-22/h15-17,19-20,26H,2-14,18,21H2,1H3. The average molecular weight is 379 g/mol. The van der Waals surface area contributed by atoms with Gasteiger partial charge in [-0.05, 0) is 18.6 Å². The fourth-order valence-corrected chi connectivity index (χ4v) is 3.89. The van der Waals surface area contributed by atoms with Crippen LogP contribution >= 0.6 is 8.81 Å². The van der Waals surface area contributed by atoms with E-state index in [2.05, 4.69) is 6.92 Å². The highest BCUT2D eigenvalue weighted by Gasteiger charge is 2.05. The highest BCUT2D eigenvalue weighted by Crippen LogP contribution is 2.19. The number of hydrogen-bond acceptors (Lipinski definition) is 2. The zero-order valence-electron chi connectivity index (χ0n) is 16.8. The van der Waals surface area contributed by atoms with E-state index >= 15 is 0 Å². The molecule has 0 heterocycles. The number of unbranched alkanes of at least 4 members (excludes halogenated alkanes) is 13. The molecule has 1 rings (SSSR count). The number of carbonyl (C=O) groups is 1. The second kappa shape index (κ2) is 17.5. The largest absolute Gasteiger partial charge is 0.445 e. The highest BCUT2D eigenvalue weighted by atomic mass is 31.1. The molecule has 1 aromatic rings. The Morgan fingerprint density at radius 1 is 0.731 bits per heavy atom. The first kappa shape index (κ1) is 23.2. The number of benzene rings is 1. The molecule has 1 aromatic carbocycles. The Morgan fingerprint density at radius 2 is 1.19 bits per heavy atom. The smallest absolute Gasteiger partial charge is 0.340 e. The van der Waals surface area contributed by atoms with Crippen LogP contribution in [0.4, 0.5) is 0 Å². The average Bonchev–Trinajstić information content (AvgIpc) is 2.68. The molecular weight excluding hydrogens is 339 g/mol. The van der Waals surface area contributed by atoms with E-state index in [0.717, 1.165) is 6.16 Å².